The van der Waals surface area contributed by atoms with Crippen molar-refractivity contribution in [2.24, 2.45) is 0 Å². The molecule has 0 spiro atoms. The van der Waals surface area contributed by atoms with Crippen molar-refractivity contribution in [2.45, 2.75) is 46.1 Å². The molecule has 0 bridgehead atoms. The normalized spacial score (nSPS) is 23.2. The van der Waals surface area contributed by atoms with E-state index in [9.17, 15) is 4.79 Å². The third-order valence-corrected chi connectivity index (χ3v) is 2.38. The molecular weight excluding hydrogens is 152 g/mol. The molecule has 2 heteroatoms. The van der Waals surface area contributed by atoms with Gasteiger partial charge in [-0.1, -0.05) is 20.8 Å². The molecule has 1 aliphatic heterocycles. The van der Waals surface area contributed by atoms with Crippen LogP contribution in [0.15, 0.2) is 11.1 Å². The zero-order valence-electron chi connectivity index (χ0n) is 8.02. The number of esters is 1. The van der Waals surface area contributed by atoms with Gasteiger partial charge in [0.05, 0.1) is 0 Å². The lowest BCUT2D eigenvalue weighted by Crippen LogP contribution is -2.09. The Morgan fingerprint density at radius 2 is 1.92 bits per heavy atom. The first-order valence-electron chi connectivity index (χ1n) is 4.67. The summed E-state index contributed by atoms with van der Waals surface area (Å²) in [7, 11) is 0. The fourth-order valence-electron chi connectivity index (χ4n) is 1.74. The average Bonchev–Trinajstić information content (AvgIpc) is 2.40. The van der Waals surface area contributed by atoms with Gasteiger partial charge in [0.2, 0.25) is 0 Å². The summed E-state index contributed by atoms with van der Waals surface area (Å²) in [5.41, 5.74) is 2.12. The van der Waals surface area contributed by atoms with Crippen molar-refractivity contribution in [3.63, 3.8) is 0 Å². The van der Waals surface area contributed by atoms with Crippen LogP contribution in [0.2, 0.25) is 0 Å². The summed E-state index contributed by atoms with van der Waals surface area (Å²) in [5, 5.41) is 0. The minimum absolute atomic E-state index is 0.0671. The number of carbonyl (C=O) groups is 1. The van der Waals surface area contributed by atoms with Crippen LogP contribution in [-0.2, 0) is 9.53 Å². The number of hydrogen-bond acceptors (Lipinski definition) is 2. The Morgan fingerprint density at radius 3 is 2.33 bits per heavy atom. The maximum absolute atomic E-state index is 11.3. The molecule has 1 unspecified atom stereocenters. The van der Waals surface area contributed by atoms with Crippen molar-refractivity contribution in [1.82, 2.24) is 0 Å². The monoisotopic (exact) mass is 168 g/mol. The number of cyclic esters (lactones) is 1. The maximum atomic E-state index is 11.3. The first-order valence-corrected chi connectivity index (χ1v) is 4.67. The van der Waals surface area contributed by atoms with Crippen LogP contribution in [0.25, 0.3) is 0 Å². The van der Waals surface area contributed by atoms with E-state index >= 15 is 0 Å². The standard InChI is InChI=1S/C10H16O2/c1-4-7-8(5-2)10(11)12-9(7)6-3/h9H,4-6H2,1-3H3. The van der Waals surface area contributed by atoms with E-state index in [2.05, 4.69) is 6.92 Å². The molecule has 1 rings (SSSR count). The molecule has 0 saturated heterocycles. The second kappa shape index (κ2) is 3.74. The highest BCUT2D eigenvalue weighted by Gasteiger charge is 2.29. The Balaban J connectivity index is 2.90. The highest BCUT2D eigenvalue weighted by molar-refractivity contribution is 5.92. The molecule has 1 atom stereocenters. The van der Waals surface area contributed by atoms with Crippen molar-refractivity contribution in [3.8, 4) is 0 Å². The average molecular weight is 168 g/mol. The molecule has 0 amide bonds. The Bertz CT molecular complexity index is 216. The summed E-state index contributed by atoms with van der Waals surface area (Å²) in [4.78, 5) is 11.3. The molecule has 1 heterocycles. The largest absolute Gasteiger partial charge is 0.454 e. The van der Waals surface area contributed by atoms with Crippen LogP contribution in [0.3, 0.4) is 0 Å². The number of hydrogen-bond donors (Lipinski definition) is 0. The lowest BCUT2D eigenvalue weighted by atomic mass is 10.00. The molecular formula is C10H16O2. The Kier molecular flexibility index (Phi) is 2.90. The molecule has 0 saturated carbocycles. The van der Waals surface area contributed by atoms with Gasteiger partial charge in [0.25, 0.3) is 0 Å². The predicted molar refractivity (Wildman–Crippen MR) is 47.8 cm³/mol. The fourth-order valence-corrected chi connectivity index (χ4v) is 1.74. The van der Waals surface area contributed by atoms with Crippen LogP contribution >= 0.6 is 0 Å². The second-order valence-corrected chi connectivity index (χ2v) is 3.01. The van der Waals surface area contributed by atoms with Gasteiger partial charge < -0.3 is 4.74 Å². The highest BCUT2D eigenvalue weighted by Crippen LogP contribution is 2.28. The van der Waals surface area contributed by atoms with Gasteiger partial charge in [-0.25, -0.2) is 4.79 Å². The van der Waals surface area contributed by atoms with Gasteiger partial charge in [-0.2, -0.15) is 0 Å². The molecule has 0 aromatic rings. The third-order valence-electron chi connectivity index (χ3n) is 2.38. The van der Waals surface area contributed by atoms with E-state index in [0.717, 1.165) is 24.8 Å². The van der Waals surface area contributed by atoms with Gasteiger partial charge in [0.1, 0.15) is 6.10 Å². The zero-order valence-corrected chi connectivity index (χ0v) is 8.02. The van der Waals surface area contributed by atoms with Crippen molar-refractivity contribution in [3.05, 3.63) is 11.1 Å². The highest BCUT2D eigenvalue weighted by atomic mass is 16.5. The van der Waals surface area contributed by atoms with Crippen molar-refractivity contribution in [2.75, 3.05) is 0 Å². The van der Waals surface area contributed by atoms with E-state index in [-0.39, 0.29) is 12.1 Å². The van der Waals surface area contributed by atoms with Crippen LogP contribution < -0.4 is 0 Å². The lowest BCUT2D eigenvalue weighted by Gasteiger charge is -2.09. The van der Waals surface area contributed by atoms with E-state index in [0.29, 0.717) is 0 Å². The van der Waals surface area contributed by atoms with Crippen LogP contribution in [0, 0.1) is 0 Å². The van der Waals surface area contributed by atoms with E-state index in [4.69, 9.17) is 4.74 Å². The van der Waals surface area contributed by atoms with E-state index < -0.39 is 0 Å². The summed E-state index contributed by atoms with van der Waals surface area (Å²) in [6, 6.07) is 0. The Morgan fingerprint density at radius 1 is 1.25 bits per heavy atom. The smallest absolute Gasteiger partial charge is 0.334 e. The summed E-state index contributed by atoms with van der Waals surface area (Å²) < 4.78 is 5.20. The third kappa shape index (κ3) is 1.38. The molecule has 0 aromatic carbocycles. The summed E-state index contributed by atoms with van der Waals surface area (Å²) >= 11 is 0. The van der Waals surface area contributed by atoms with E-state index in [1.165, 1.54) is 5.57 Å². The van der Waals surface area contributed by atoms with Gasteiger partial charge in [0.15, 0.2) is 0 Å². The summed E-state index contributed by atoms with van der Waals surface area (Å²) in [5.74, 6) is -0.0961. The van der Waals surface area contributed by atoms with E-state index in [1.54, 1.807) is 0 Å². The number of carbonyl (C=O) groups excluding carboxylic acids is 1. The van der Waals surface area contributed by atoms with Crippen LogP contribution in [0.1, 0.15) is 40.0 Å². The second-order valence-electron chi connectivity index (χ2n) is 3.01. The van der Waals surface area contributed by atoms with Crippen LogP contribution in [0.4, 0.5) is 0 Å². The SMILES string of the molecule is CCC1=C(CC)C(CC)OC1=O. The molecule has 0 N–H and O–H groups in total. The quantitative estimate of drug-likeness (QED) is 0.605. The topological polar surface area (TPSA) is 26.3 Å². The van der Waals surface area contributed by atoms with Gasteiger partial charge in [-0.05, 0) is 24.8 Å². The molecule has 0 fully saturated rings. The lowest BCUT2D eigenvalue weighted by molar-refractivity contribution is -0.139. The Labute approximate surface area is 73.6 Å². The maximum Gasteiger partial charge on any atom is 0.334 e. The summed E-state index contributed by atoms with van der Waals surface area (Å²) in [6.07, 6.45) is 2.71. The molecule has 1 aliphatic rings. The van der Waals surface area contributed by atoms with Crippen molar-refractivity contribution in [1.29, 1.82) is 0 Å². The number of rotatable bonds is 3. The predicted octanol–water partition coefficient (Wildman–Crippen LogP) is 2.44. The zero-order chi connectivity index (χ0) is 9.14. The fraction of sp³-hybridized carbons (Fsp3) is 0.700. The molecule has 68 valence electrons. The number of ether oxygens (including phenoxy) is 1. The molecule has 12 heavy (non-hydrogen) atoms. The van der Waals surface area contributed by atoms with Crippen molar-refractivity contribution < 1.29 is 9.53 Å². The first kappa shape index (κ1) is 9.30. The van der Waals surface area contributed by atoms with Gasteiger partial charge in [0, 0.05) is 5.57 Å². The molecule has 2 nitrogen and oxygen atoms in total. The van der Waals surface area contributed by atoms with E-state index in [1.807, 2.05) is 13.8 Å². The molecule has 0 radical (unpaired) electrons. The Hall–Kier alpha value is -0.790. The van der Waals surface area contributed by atoms with Crippen molar-refractivity contribution >= 4 is 5.97 Å². The van der Waals surface area contributed by atoms with Crippen LogP contribution in [0.5, 0.6) is 0 Å². The minimum Gasteiger partial charge on any atom is -0.454 e. The first-order chi connectivity index (χ1) is 5.74. The van der Waals surface area contributed by atoms with Gasteiger partial charge in [-0.15, -0.1) is 0 Å². The van der Waals surface area contributed by atoms with Gasteiger partial charge >= 0.3 is 5.97 Å². The minimum atomic E-state index is -0.0961. The molecule has 0 aliphatic carbocycles. The van der Waals surface area contributed by atoms with Gasteiger partial charge in [-0.3, -0.25) is 0 Å². The van der Waals surface area contributed by atoms with Crippen LogP contribution in [-0.4, -0.2) is 12.1 Å². The molecule has 0 aromatic heterocycles. The summed E-state index contributed by atoms with van der Waals surface area (Å²) in [6.45, 7) is 6.13.